The summed E-state index contributed by atoms with van der Waals surface area (Å²) in [6.07, 6.45) is 0. The highest BCUT2D eigenvalue weighted by Crippen LogP contribution is 2.40. The number of hydrogen-bond donors (Lipinski definition) is 0. The number of fused-ring (bicyclic) bond motifs is 6. The standard InChI is InChI=1S/C35H22N2OS/c1-21-36-30(20-31(37-21)24-16-17-27-26-10-2-4-14-32(26)38-33(27)19-24)23-9-6-8-22(18-23)25-12-7-13-29-28-11-3-5-15-34(28)39-35(25)29/h2-20H,1H3. The molecule has 0 spiro atoms. The first-order valence-corrected chi connectivity index (χ1v) is 13.8. The van der Waals surface area contributed by atoms with Gasteiger partial charge in [-0.15, -0.1) is 11.3 Å². The molecule has 0 saturated carbocycles. The van der Waals surface area contributed by atoms with Gasteiger partial charge in [0.25, 0.3) is 0 Å². The maximum atomic E-state index is 6.14. The number of rotatable bonds is 3. The number of hydrogen-bond acceptors (Lipinski definition) is 4. The third-order valence-electron chi connectivity index (χ3n) is 7.39. The van der Waals surface area contributed by atoms with Crippen molar-refractivity contribution in [2.45, 2.75) is 6.92 Å². The molecule has 0 aliphatic rings. The van der Waals surface area contributed by atoms with Crippen molar-refractivity contribution in [1.29, 1.82) is 0 Å². The number of aryl methyl sites for hydroxylation is 1. The fourth-order valence-electron chi connectivity index (χ4n) is 5.57. The Morgan fingerprint density at radius 2 is 1.23 bits per heavy atom. The summed E-state index contributed by atoms with van der Waals surface area (Å²) in [7, 11) is 0. The molecule has 3 aromatic heterocycles. The lowest BCUT2D eigenvalue weighted by Crippen LogP contribution is -1.95. The van der Waals surface area contributed by atoms with Crippen LogP contribution < -0.4 is 0 Å². The van der Waals surface area contributed by atoms with E-state index in [0.29, 0.717) is 0 Å². The van der Waals surface area contributed by atoms with Gasteiger partial charge in [-0.1, -0.05) is 78.9 Å². The predicted molar refractivity (Wildman–Crippen MR) is 163 cm³/mol. The lowest BCUT2D eigenvalue weighted by Gasteiger charge is -2.09. The van der Waals surface area contributed by atoms with Gasteiger partial charge >= 0.3 is 0 Å². The van der Waals surface area contributed by atoms with Crippen molar-refractivity contribution in [3.05, 3.63) is 121 Å². The van der Waals surface area contributed by atoms with Crippen LogP contribution in [0, 0.1) is 6.92 Å². The first-order chi connectivity index (χ1) is 19.2. The highest BCUT2D eigenvalue weighted by atomic mass is 32.1. The minimum Gasteiger partial charge on any atom is -0.456 e. The van der Waals surface area contributed by atoms with Crippen LogP contribution in [0.3, 0.4) is 0 Å². The van der Waals surface area contributed by atoms with Crippen molar-refractivity contribution in [2.75, 3.05) is 0 Å². The molecule has 4 heteroatoms. The second-order valence-corrected chi connectivity index (χ2v) is 10.9. The molecule has 0 aliphatic heterocycles. The molecule has 0 radical (unpaired) electrons. The lowest BCUT2D eigenvalue weighted by atomic mass is 9.99. The van der Waals surface area contributed by atoms with Gasteiger partial charge in [-0.2, -0.15) is 0 Å². The van der Waals surface area contributed by atoms with Crippen LogP contribution >= 0.6 is 11.3 Å². The lowest BCUT2D eigenvalue weighted by molar-refractivity contribution is 0.669. The van der Waals surface area contributed by atoms with E-state index in [9.17, 15) is 0 Å². The van der Waals surface area contributed by atoms with E-state index < -0.39 is 0 Å². The Morgan fingerprint density at radius 1 is 0.538 bits per heavy atom. The summed E-state index contributed by atoms with van der Waals surface area (Å²) in [4.78, 5) is 9.61. The van der Waals surface area contributed by atoms with Crippen LogP contribution in [0.2, 0.25) is 0 Å². The Labute approximate surface area is 229 Å². The van der Waals surface area contributed by atoms with E-state index in [1.54, 1.807) is 0 Å². The average Bonchev–Trinajstić information content (AvgIpc) is 3.55. The molecule has 0 aliphatic carbocycles. The molecule has 0 atom stereocenters. The average molecular weight is 519 g/mol. The van der Waals surface area contributed by atoms with Gasteiger partial charge in [-0.05, 0) is 54.4 Å². The molecule has 5 aromatic carbocycles. The smallest absolute Gasteiger partial charge is 0.136 e. The molecule has 0 fully saturated rings. The molecule has 0 saturated heterocycles. The molecular formula is C35H22N2OS. The Kier molecular flexibility index (Phi) is 4.91. The molecule has 3 nitrogen and oxygen atoms in total. The van der Waals surface area contributed by atoms with E-state index in [-0.39, 0.29) is 0 Å². The maximum absolute atomic E-state index is 6.14. The summed E-state index contributed by atoms with van der Waals surface area (Å²) in [5.41, 5.74) is 8.08. The van der Waals surface area contributed by atoms with Crippen LogP contribution in [0.25, 0.3) is 75.8 Å². The second-order valence-electron chi connectivity index (χ2n) is 9.86. The van der Waals surface area contributed by atoms with Gasteiger partial charge in [-0.25, -0.2) is 9.97 Å². The van der Waals surface area contributed by atoms with E-state index in [1.807, 2.05) is 36.5 Å². The minimum atomic E-state index is 0.740. The van der Waals surface area contributed by atoms with Crippen molar-refractivity contribution >= 4 is 53.4 Å². The van der Waals surface area contributed by atoms with Crippen LogP contribution in [0.5, 0.6) is 0 Å². The minimum absolute atomic E-state index is 0.740. The second kappa shape index (κ2) is 8.62. The summed E-state index contributed by atoms with van der Waals surface area (Å²) in [5.74, 6) is 0.740. The van der Waals surface area contributed by atoms with Crippen LogP contribution in [0.4, 0.5) is 0 Å². The number of thiophene rings is 1. The van der Waals surface area contributed by atoms with E-state index in [2.05, 4.69) is 97.1 Å². The fourth-order valence-corrected chi connectivity index (χ4v) is 6.81. The van der Waals surface area contributed by atoms with Gasteiger partial charge in [0, 0.05) is 42.1 Å². The molecule has 8 aromatic rings. The molecule has 39 heavy (non-hydrogen) atoms. The van der Waals surface area contributed by atoms with Crippen LogP contribution in [-0.4, -0.2) is 9.97 Å². The van der Waals surface area contributed by atoms with Gasteiger partial charge in [0.05, 0.1) is 11.4 Å². The van der Waals surface area contributed by atoms with Gasteiger partial charge in [0.15, 0.2) is 0 Å². The predicted octanol–water partition coefficient (Wildman–Crippen LogP) is 10.1. The highest BCUT2D eigenvalue weighted by molar-refractivity contribution is 7.26. The van der Waals surface area contributed by atoms with Crippen molar-refractivity contribution < 1.29 is 4.42 Å². The summed E-state index contributed by atoms with van der Waals surface area (Å²) in [6, 6.07) is 40.5. The number of furan rings is 1. The number of benzene rings is 5. The third-order valence-corrected chi connectivity index (χ3v) is 8.61. The van der Waals surface area contributed by atoms with Gasteiger partial charge in [0.2, 0.25) is 0 Å². The van der Waals surface area contributed by atoms with Gasteiger partial charge < -0.3 is 4.42 Å². The van der Waals surface area contributed by atoms with Crippen molar-refractivity contribution in [3.63, 3.8) is 0 Å². The third kappa shape index (κ3) is 3.64. The molecule has 8 rings (SSSR count). The monoisotopic (exact) mass is 518 g/mol. The Balaban J connectivity index is 1.24. The first-order valence-electron chi connectivity index (χ1n) is 13.0. The summed E-state index contributed by atoms with van der Waals surface area (Å²) >= 11 is 1.85. The summed E-state index contributed by atoms with van der Waals surface area (Å²) < 4.78 is 8.77. The highest BCUT2D eigenvalue weighted by Gasteiger charge is 2.13. The Morgan fingerprint density at radius 3 is 2.13 bits per heavy atom. The Hall–Kier alpha value is -4.80. The van der Waals surface area contributed by atoms with E-state index in [0.717, 1.165) is 50.3 Å². The molecule has 0 N–H and O–H groups in total. The molecule has 0 unspecified atom stereocenters. The zero-order valence-corrected chi connectivity index (χ0v) is 22.0. The molecular weight excluding hydrogens is 496 g/mol. The van der Waals surface area contributed by atoms with E-state index in [4.69, 9.17) is 14.4 Å². The molecule has 0 amide bonds. The van der Waals surface area contributed by atoms with Crippen molar-refractivity contribution in [3.8, 4) is 33.6 Å². The summed E-state index contributed by atoms with van der Waals surface area (Å²) in [5, 5.41) is 4.86. The number of para-hydroxylation sites is 1. The first kappa shape index (κ1) is 22.2. The zero-order valence-electron chi connectivity index (χ0n) is 21.2. The zero-order chi connectivity index (χ0) is 25.9. The summed E-state index contributed by atoms with van der Waals surface area (Å²) in [6.45, 7) is 1.95. The van der Waals surface area contributed by atoms with Crippen molar-refractivity contribution in [2.24, 2.45) is 0 Å². The fraction of sp³-hybridized carbons (Fsp3) is 0.0286. The molecule has 0 bridgehead atoms. The SMILES string of the molecule is Cc1nc(-c2cccc(-c3cccc4c3sc3ccccc34)c2)cc(-c2ccc3c(c2)oc2ccccc23)n1. The van der Waals surface area contributed by atoms with Crippen LogP contribution in [-0.2, 0) is 0 Å². The number of nitrogens with zero attached hydrogens (tertiary/aromatic N) is 2. The molecule has 3 heterocycles. The van der Waals surface area contributed by atoms with Gasteiger partial charge in [0.1, 0.15) is 17.0 Å². The van der Waals surface area contributed by atoms with E-state index >= 15 is 0 Å². The van der Waals surface area contributed by atoms with Crippen molar-refractivity contribution in [1.82, 2.24) is 9.97 Å². The quantitative estimate of drug-likeness (QED) is 0.234. The van der Waals surface area contributed by atoms with Gasteiger partial charge in [-0.3, -0.25) is 0 Å². The van der Waals surface area contributed by atoms with Crippen LogP contribution in [0.1, 0.15) is 5.82 Å². The Bertz CT molecular complexity index is 2200. The largest absolute Gasteiger partial charge is 0.456 e. The van der Waals surface area contributed by atoms with Crippen LogP contribution in [0.15, 0.2) is 120 Å². The topological polar surface area (TPSA) is 38.9 Å². The number of aromatic nitrogens is 2. The van der Waals surface area contributed by atoms with E-state index in [1.165, 1.54) is 31.3 Å². The maximum Gasteiger partial charge on any atom is 0.136 e. The normalized spacial score (nSPS) is 11.7. The molecule has 184 valence electrons.